The summed E-state index contributed by atoms with van der Waals surface area (Å²) in [6.45, 7) is -0.551. The van der Waals surface area contributed by atoms with Crippen LogP contribution in [0.15, 0.2) is 54.6 Å². The fraction of sp³-hybridized carbons (Fsp3) is 0.125. The molecule has 7 nitrogen and oxygen atoms in total. The summed E-state index contributed by atoms with van der Waals surface area (Å²) in [6, 6.07) is 14.2. The summed E-state index contributed by atoms with van der Waals surface area (Å²) in [7, 11) is 0. The van der Waals surface area contributed by atoms with Crippen molar-refractivity contribution in [3.63, 3.8) is 0 Å². The number of Topliss-reactive ketones (excluding diaryl/α,β-unsaturated/α-hetero) is 1. The first kappa shape index (κ1) is 22.6. The van der Waals surface area contributed by atoms with E-state index in [2.05, 4.69) is 5.32 Å². The summed E-state index contributed by atoms with van der Waals surface area (Å²) in [5, 5.41) is 2.54. The molecule has 1 aliphatic rings. The van der Waals surface area contributed by atoms with Gasteiger partial charge in [0.1, 0.15) is 0 Å². The van der Waals surface area contributed by atoms with Gasteiger partial charge in [0.15, 0.2) is 24.0 Å². The Kier molecular flexibility index (Phi) is 6.48. The van der Waals surface area contributed by atoms with Crippen LogP contribution in [0.25, 0.3) is 0 Å². The number of hydrogen-bond acceptors (Lipinski definition) is 7. The van der Waals surface area contributed by atoms with E-state index in [-0.39, 0.29) is 41.3 Å². The Morgan fingerprint density at radius 2 is 1.52 bits per heavy atom. The van der Waals surface area contributed by atoms with Gasteiger partial charge in [0, 0.05) is 34.4 Å². The fourth-order valence-electron chi connectivity index (χ4n) is 3.40. The number of anilines is 1. The van der Waals surface area contributed by atoms with E-state index in [9.17, 15) is 24.0 Å². The molecule has 0 fully saturated rings. The standard InChI is InChI=1S/C24H16ClNO6S/c25-20-9-8-19(33-20)18(27)7-10-22(29)32-12-21(28)26-13-5-6-16-17(11-13)24(31)15-4-2-1-3-14(15)23(16)30/h1-6,8-9,11H,7,10,12H2,(H,26,28). The number of carbonyl (C=O) groups excluding carboxylic acids is 5. The Balaban J connectivity index is 1.32. The minimum Gasteiger partial charge on any atom is -0.456 e. The third-order valence-corrected chi connectivity index (χ3v) is 6.25. The molecule has 33 heavy (non-hydrogen) atoms. The third kappa shape index (κ3) is 4.92. The summed E-state index contributed by atoms with van der Waals surface area (Å²) in [4.78, 5) is 61.9. The van der Waals surface area contributed by atoms with Gasteiger partial charge in [-0.15, -0.1) is 11.3 Å². The van der Waals surface area contributed by atoms with E-state index in [4.69, 9.17) is 16.3 Å². The number of ether oxygens (including phenoxy) is 1. The zero-order valence-electron chi connectivity index (χ0n) is 17.1. The second-order valence-corrected chi connectivity index (χ2v) is 8.92. The molecule has 1 amide bonds. The second-order valence-electron chi connectivity index (χ2n) is 7.20. The van der Waals surface area contributed by atoms with Gasteiger partial charge < -0.3 is 10.1 Å². The maximum atomic E-state index is 12.8. The zero-order chi connectivity index (χ0) is 23.5. The summed E-state index contributed by atoms with van der Waals surface area (Å²) in [5.74, 6) is -2.10. The maximum Gasteiger partial charge on any atom is 0.306 e. The number of nitrogens with one attached hydrogen (secondary N) is 1. The highest BCUT2D eigenvalue weighted by atomic mass is 35.5. The Morgan fingerprint density at radius 1 is 0.848 bits per heavy atom. The topological polar surface area (TPSA) is 107 Å². The van der Waals surface area contributed by atoms with Crippen molar-refractivity contribution in [2.75, 3.05) is 11.9 Å². The first-order valence-corrected chi connectivity index (χ1v) is 11.1. The molecule has 4 rings (SSSR count). The molecule has 0 unspecified atom stereocenters. The molecule has 1 N–H and O–H groups in total. The molecule has 0 radical (unpaired) electrons. The maximum absolute atomic E-state index is 12.8. The predicted octanol–water partition coefficient (Wildman–Crippen LogP) is 4.32. The van der Waals surface area contributed by atoms with Crippen molar-refractivity contribution in [1.82, 2.24) is 0 Å². The average molecular weight is 482 g/mol. The number of halogens is 1. The van der Waals surface area contributed by atoms with E-state index in [1.807, 2.05) is 0 Å². The number of ketones is 3. The van der Waals surface area contributed by atoms with Crippen molar-refractivity contribution in [2.45, 2.75) is 12.8 Å². The quantitative estimate of drug-likeness (QED) is 0.311. The van der Waals surface area contributed by atoms with Crippen LogP contribution >= 0.6 is 22.9 Å². The van der Waals surface area contributed by atoms with Gasteiger partial charge >= 0.3 is 5.97 Å². The van der Waals surface area contributed by atoms with Gasteiger partial charge in [-0.25, -0.2) is 0 Å². The average Bonchev–Trinajstić information content (AvgIpc) is 3.26. The molecule has 0 aliphatic heterocycles. The Hall–Kier alpha value is -3.62. The third-order valence-electron chi connectivity index (χ3n) is 4.98. The molecule has 0 saturated heterocycles. The van der Waals surface area contributed by atoms with Crippen LogP contribution in [-0.2, 0) is 14.3 Å². The zero-order valence-corrected chi connectivity index (χ0v) is 18.6. The molecule has 1 aliphatic carbocycles. The van der Waals surface area contributed by atoms with Crippen molar-refractivity contribution in [2.24, 2.45) is 0 Å². The summed E-state index contributed by atoms with van der Waals surface area (Å²) < 4.78 is 5.40. The molecular weight excluding hydrogens is 466 g/mol. The van der Waals surface area contributed by atoms with Crippen molar-refractivity contribution in [1.29, 1.82) is 0 Å². The van der Waals surface area contributed by atoms with Gasteiger partial charge in [-0.1, -0.05) is 35.9 Å². The SMILES string of the molecule is O=C(COC(=O)CCC(=O)c1ccc(Cl)s1)Nc1ccc2c(c1)C(=O)c1ccccc1C2=O. The van der Waals surface area contributed by atoms with Gasteiger partial charge in [-0.3, -0.25) is 24.0 Å². The van der Waals surface area contributed by atoms with Gasteiger partial charge in [0.25, 0.3) is 5.91 Å². The molecule has 1 aromatic heterocycles. The first-order valence-electron chi connectivity index (χ1n) is 9.90. The van der Waals surface area contributed by atoms with Crippen LogP contribution in [0.1, 0.15) is 54.4 Å². The number of benzene rings is 2. The van der Waals surface area contributed by atoms with Crippen molar-refractivity contribution in [3.05, 3.63) is 86.1 Å². The summed E-state index contributed by atoms with van der Waals surface area (Å²) in [5.41, 5.74) is 1.41. The van der Waals surface area contributed by atoms with Gasteiger partial charge in [0.05, 0.1) is 15.6 Å². The minimum atomic E-state index is -0.691. The van der Waals surface area contributed by atoms with E-state index < -0.39 is 18.5 Å². The lowest BCUT2D eigenvalue weighted by atomic mass is 9.84. The number of fused-ring (bicyclic) bond motifs is 2. The number of rotatable bonds is 7. The number of carbonyl (C=O) groups is 5. The molecule has 3 aromatic rings. The number of amides is 1. The monoisotopic (exact) mass is 481 g/mol. The molecule has 0 saturated carbocycles. The molecule has 1 heterocycles. The van der Waals surface area contributed by atoms with Gasteiger partial charge in [-0.05, 0) is 30.3 Å². The molecule has 0 atom stereocenters. The number of esters is 1. The van der Waals surface area contributed by atoms with Gasteiger partial charge in [-0.2, -0.15) is 0 Å². The van der Waals surface area contributed by atoms with E-state index in [1.54, 1.807) is 36.4 Å². The molecule has 0 spiro atoms. The minimum absolute atomic E-state index is 0.0558. The van der Waals surface area contributed by atoms with Crippen LogP contribution in [0.4, 0.5) is 5.69 Å². The smallest absolute Gasteiger partial charge is 0.306 e. The van der Waals surface area contributed by atoms with E-state index >= 15 is 0 Å². The molecule has 2 aromatic carbocycles. The number of thiophene rings is 1. The van der Waals surface area contributed by atoms with Crippen molar-refractivity contribution in [3.8, 4) is 0 Å². The highest BCUT2D eigenvalue weighted by Gasteiger charge is 2.29. The fourth-order valence-corrected chi connectivity index (χ4v) is 4.41. The lowest BCUT2D eigenvalue weighted by molar-refractivity contribution is -0.147. The Labute approximate surface area is 197 Å². The lowest BCUT2D eigenvalue weighted by Gasteiger charge is -2.18. The molecule has 166 valence electrons. The van der Waals surface area contributed by atoms with Gasteiger partial charge in [0.2, 0.25) is 0 Å². The van der Waals surface area contributed by atoms with E-state index in [0.717, 1.165) is 11.3 Å². The largest absolute Gasteiger partial charge is 0.456 e. The van der Waals surface area contributed by atoms with Crippen LogP contribution in [-0.4, -0.2) is 35.8 Å². The highest BCUT2D eigenvalue weighted by Crippen LogP contribution is 2.29. The van der Waals surface area contributed by atoms with Crippen molar-refractivity contribution < 1.29 is 28.7 Å². The van der Waals surface area contributed by atoms with Crippen LogP contribution in [0, 0.1) is 0 Å². The molecular formula is C24H16ClNO6S. The second kappa shape index (κ2) is 9.48. The van der Waals surface area contributed by atoms with Crippen LogP contribution in [0.2, 0.25) is 4.34 Å². The molecule has 0 bridgehead atoms. The van der Waals surface area contributed by atoms with Crippen LogP contribution in [0.5, 0.6) is 0 Å². The summed E-state index contributed by atoms with van der Waals surface area (Å²) in [6.07, 6.45) is -0.226. The van der Waals surface area contributed by atoms with E-state index in [0.29, 0.717) is 26.0 Å². The molecule has 9 heteroatoms. The Morgan fingerprint density at radius 3 is 2.18 bits per heavy atom. The summed E-state index contributed by atoms with van der Waals surface area (Å²) >= 11 is 6.92. The van der Waals surface area contributed by atoms with Crippen LogP contribution < -0.4 is 5.32 Å². The Bertz CT molecular complexity index is 1310. The van der Waals surface area contributed by atoms with E-state index in [1.165, 1.54) is 18.2 Å². The number of hydrogen-bond donors (Lipinski definition) is 1. The lowest BCUT2D eigenvalue weighted by Crippen LogP contribution is -2.23. The predicted molar refractivity (Wildman–Crippen MR) is 122 cm³/mol. The first-order chi connectivity index (χ1) is 15.8. The highest BCUT2D eigenvalue weighted by molar-refractivity contribution is 7.18. The van der Waals surface area contributed by atoms with Crippen LogP contribution in [0.3, 0.4) is 0 Å². The normalized spacial score (nSPS) is 12.0. The van der Waals surface area contributed by atoms with Crippen molar-refractivity contribution >= 4 is 57.9 Å².